The van der Waals surface area contributed by atoms with Crippen LogP contribution < -0.4 is 19.6 Å². The van der Waals surface area contributed by atoms with Crippen molar-refractivity contribution in [1.82, 2.24) is 0 Å². The van der Waals surface area contributed by atoms with Gasteiger partial charge in [-0.3, -0.25) is 4.79 Å². The molecule has 6 rings (SSSR count). The van der Waals surface area contributed by atoms with Crippen molar-refractivity contribution in [2.75, 3.05) is 19.8 Å². The summed E-state index contributed by atoms with van der Waals surface area (Å²) < 4.78 is 39.8. The lowest BCUT2D eigenvalue weighted by Gasteiger charge is -2.40. The number of phenols is 1. The summed E-state index contributed by atoms with van der Waals surface area (Å²) in [4.78, 5) is 14.5. The van der Waals surface area contributed by atoms with E-state index in [0.29, 0.717) is 0 Å². The van der Waals surface area contributed by atoms with E-state index in [9.17, 15) is 71.2 Å². The molecule has 298 valence electrons. The Bertz CT molecular complexity index is 1800. The van der Waals surface area contributed by atoms with Gasteiger partial charge in [0.25, 0.3) is 0 Å². The number of hydrogen-bond donors (Lipinski definition) is 13. The molecule has 0 amide bonds. The SMILES string of the molecule is O=c1c(OC2O[C@H](CO)[C@@H](O)[C@H](O)[C@H]2O)c(-c2ccc(O)cc2)oc2cc(OC3O[C@H](CO)[C@@H](O)[C@H](O)[C@H]3O)cc(OC3O[C@H](CO)[C@@H](O)[C@H](O)[C@H]3O)c12. The number of aliphatic hydroxyl groups excluding tert-OH is 12. The van der Waals surface area contributed by atoms with E-state index in [1.807, 2.05) is 0 Å². The minimum Gasteiger partial charge on any atom is -0.508 e. The van der Waals surface area contributed by atoms with Gasteiger partial charge in [0.1, 0.15) is 101 Å². The van der Waals surface area contributed by atoms with Crippen molar-refractivity contribution in [2.24, 2.45) is 0 Å². The normalized spacial score (nSPS) is 37.2. The Balaban J connectivity index is 1.52. The maximum atomic E-state index is 14.5. The van der Waals surface area contributed by atoms with Crippen LogP contribution in [0.4, 0.5) is 0 Å². The fourth-order valence-electron chi connectivity index (χ4n) is 6.18. The number of fused-ring (bicyclic) bond motifs is 1. The van der Waals surface area contributed by atoms with Gasteiger partial charge < -0.3 is 99.2 Å². The third-order valence-electron chi connectivity index (χ3n) is 9.30. The first-order valence-electron chi connectivity index (χ1n) is 16.5. The molecular formula is C33H40O21. The second kappa shape index (κ2) is 16.2. The smallest absolute Gasteiger partial charge is 0.239 e. The highest BCUT2D eigenvalue weighted by atomic mass is 16.7. The Morgan fingerprint density at radius 2 is 1.00 bits per heavy atom. The van der Waals surface area contributed by atoms with E-state index in [1.54, 1.807) is 0 Å². The third kappa shape index (κ3) is 7.45. The Morgan fingerprint density at radius 1 is 0.556 bits per heavy atom. The van der Waals surface area contributed by atoms with Crippen LogP contribution in [0.15, 0.2) is 45.6 Å². The summed E-state index contributed by atoms with van der Waals surface area (Å²) in [5.41, 5.74) is -1.43. The van der Waals surface area contributed by atoms with Crippen molar-refractivity contribution >= 4 is 11.0 Å². The largest absolute Gasteiger partial charge is 0.508 e. The number of ether oxygens (including phenoxy) is 6. The monoisotopic (exact) mass is 772 g/mol. The van der Waals surface area contributed by atoms with Crippen LogP contribution in [0.3, 0.4) is 0 Å². The van der Waals surface area contributed by atoms with Crippen molar-refractivity contribution < 1.29 is 99.2 Å². The second-order valence-electron chi connectivity index (χ2n) is 12.9. The van der Waals surface area contributed by atoms with Crippen LogP contribution in [0.5, 0.6) is 23.0 Å². The highest BCUT2D eigenvalue weighted by Gasteiger charge is 2.48. The molecule has 3 fully saturated rings. The fraction of sp³-hybridized carbons (Fsp3) is 0.545. The molecule has 0 aliphatic carbocycles. The standard InChI is InChI=1S/C33H40O21/c34-7-15-19(38)23(42)26(45)31(51-15)48-12-5-13-18(14(6-12)50-32-27(46)24(43)20(39)16(8-35)52-32)22(41)30(29(49-13)10-1-3-11(37)4-2-10)54-33-28(47)25(44)21(40)17(9-36)53-33/h1-6,15-17,19-21,23-28,31-40,42-47H,7-9H2/t15-,16-,17-,19-,20-,21-,23+,24+,25+,26-,27-,28-,31?,32?,33?/m1/s1. The molecule has 0 saturated carbocycles. The van der Waals surface area contributed by atoms with Crippen molar-refractivity contribution in [3.8, 4) is 34.3 Å². The molecule has 2 aromatic carbocycles. The molecule has 4 heterocycles. The lowest BCUT2D eigenvalue weighted by atomic mass is 9.99. The molecule has 3 unspecified atom stereocenters. The predicted molar refractivity (Wildman–Crippen MR) is 173 cm³/mol. The van der Waals surface area contributed by atoms with Crippen LogP contribution in [-0.4, -0.2) is 178 Å². The predicted octanol–water partition coefficient (Wildman–Crippen LogP) is -5.30. The van der Waals surface area contributed by atoms with Gasteiger partial charge in [-0.15, -0.1) is 0 Å². The maximum Gasteiger partial charge on any atom is 0.239 e. The number of aromatic hydroxyl groups is 1. The van der Waals surface area contributed by atoms with E-state index in [2.05, 4.69) is 0 Å². The average molecular weight is 773 g/mol. The van der Waals surface area contributed by atoms with Crippen LogP contribution >= 0.6 is 0 Å². The maximum absolute atomic E-state index is 14.5. The van der Waals surface area contributed by atoms with Crippen LogP contribution in [0, 0.1) is 0 Å². The van der Waals surface area contributed by atoms with Gasteiger partial charge in [-0.2, -0.15) is 0 Å². The Hall–Kier alpha value is -3.75. The Labute approximate surface area is 303 Å². The second-order valence-corrected chi connectivity index (χ2v) is 12.9. The fourth-order valence-corrected chi connectivity index (χ4v) is 6.18. The molecule has 15 atom stereocenters. The summed E-state index contributed by atoms with van der Waals surface area (Å²) in [6, 6.07) is 7.13. The molecule has 13 N–H and O–H groups in total. The first-order valence-corrected chi connectivity index (χ1v) is 16.5. The highest BCUT2D eigenvalue weighted by Crippen LogP contribution is 2.40. The van der Waals surface area contributed by atoms with E-state index in [0.717, 1.165) is 12.1 Å². The zero-order chi connectivity index (χ0) is 39.2. The summed E-state index contributed by atoms with van der Waals surface area (Å²) in [5.74, 6) is -2.22. The summed E-state index contributed by atoms with van der Waals surface area (Å²) in [6.07, 6.45) is -26.8. The van der Waals surface area contributed by atoms with Gasteiger partial charge in [-0.05, 0) is 24.3 Å². The van der Waals surface area contributed by atoms with E-state index >= 15 is 0 Å². The molecule has 0 radical (unpaired) electrons. The number of hydrogen-bond acceptors (Lipinski definition) is 21. The summed E-state index contributed by atoms with van der Waals surface area (Å²) >= 11 is 0. The molecule has 21 nitrogen and oxygen atoms in total. The molecule has 0 spiro atoms. The van der Waals surface area contributed by atoms with Gasteiger partial charge >= 0.3 is 0 Å². The number of phenolic OH excluding ortho intramolecular Hbond substituents is 1. The van der Waals surface area contributed by atoms with Crippen molar-refractivity contribution in [2.45, 2.75) is 92.1 Å². The quantitative estimate of drug-likeness (QED) is 0.0915. The molecule has 3 saturated heterocycles. The van der Waals surface area contributed by atoms with Gasteiger partial charge in [-0.25, -0.2) is 0 Å². The van der Waals surface area contributed by atoms with E-state index < -0.39 is 146 Å². The number of rotatable bonds is 10. The van der Waals surface area contributed by atoms with Crippen LogP contribution in [0.25, 0.3) is 22.3 Å². The molecule has 3 aromatic rings. The molecule has 54 heavy (non-hydrogen) atoms. The van der Waals surface area contributed by atoms with Crippen molar-refractivity contribution in [3.05, 3.63) is 46.6 Å². The number of aliphatic hydroxyl groups is 12. The lowest BCUT2D eigenvalue weighted by molar-refractivity contribution is -0.278. The van der Waals surface area contributed by atoms with Gasteiger partial charge in [0, 0.05) is 17.7 Å². The zero-order valence-electron chi connectivity index (χ0n) is 27.8. The van der Waals surface area contributed by atoms with Gasteiger partial charge in [0.05, 0.1) is 19.8 Å². The molecule has 1 aromatic heterocycles. The van der Waals surface area contributed by atoms with E-state index in [1.165, 1.54) is 24.3 Å². The summed E-state index contributed by atoms with van der Waals surface area (Å²) in [7, 11) is 0. The first kappa shape index (κ1) is 39.9. The lowest BCUT2D eigenvalue weighted by Crippen LogP contribution is -2.60. The van der Waals surface area contributed by atoms with Crippen molar-refractivity contribution in [3.63, 3.8) is 0 Å². The molecule has 0 bridgehead atoms. The molecule has 21 heteroatoms. The summed E-state index contributed by atoms with van der Waals surface area (Å²) in [5, 5.41) is 132. The van der Waals surface area contributed by atoms with Crippen LogP contribution in [0.1, 0.15) is 0 Å². The third-order valence-corrected chi connectivity index (χ3v) is 9.30. The van der Waals surface area contributed by atoms with Gasteiger partial charge in [0.15, 0.2) is 5.76 Å². The highest BCUT2D eigenvalue weighted by molar-refractivity contribution is 5.88. The van der Waals surface area contributed by atoms with Crippen LogP contribution in [-0.2, 0) is 14.2 Å². The van der Waals surface area contributed by atoms with Gasteiger partial charge in [-0.1, -0.05) is 0 Å². The Morgan fingerprint density at radius 3 is 1.46 bits per heavy atom. The van der Waals surface area contributed by atoms with E-state index in [4.69, 9.17) is 32.8 Å². The summed E-state index contributed by atoms with van der Waals surface area (Å²) in [6.45, 7) is -2.48. The average Bonchev–Trinajstić information content (AvgIpc) is 3.16. The Kier molecular flexibility index (Phi) is 11.9. The van der Waals surface area contributed by atoms with Crippen molar-refractivity contribution in [1.29, 1.82) is 0 Å². The molecule has 3 aliphatic rings. The minimum atomic E-state index is -2.00. The first-order chi connectivity index (χ1) is 25.7. The zero-order valence-corrected chi connectivity index (χ0v) is 27.8. The molecule has 3 aliphatic heterocycles. The molecular weight excluding hydrogens is 732 g/mol. The number of benzene rings is 2. The topological polar surface area (TPSA) is 349 Å². The van der Waals surface area contributed by atoms with Gasteiger partial charge in [0.2, 0.25) is 30.0 Å². The van der Waals surface area contributed by atoms with E-state index in [-0.39, 0.29) is 17.1 Å². The minimum absolute atomic E-state index is 0.0723. The van der Waals surface area contributed by atoms with Crippen LogP contribution in [0.2, 0.25) is 0 Å².